The maximum atomic E-state index is 13.9. The molecule has 0 saturated heterocycles. The van der Waals surface area contributed by atoms with Crippen LogP contribution in [0.15, 0.2) is 83.5 Å². The van der Waals surface area contributed by atoms with Crippen molar-refractivity contribution < 1.29 is 18.3 Å². The van der Waals surface area contributed by atoms with Gasteiger partial charge in [0.25, 0.3) is 0 Å². The molecule has 0 fully saturated rings. The van der Waals surface area contributed by atoms with Gasteiger partial charge in [-0.05, 0) is 79.4 Å². The number of ether oxygens (including phenoxy) is 1. The Morgan fingerprint density at radius 1 is 1.03 bits per heavy atom. The summed E-state index contributed by atoms with van der Waals surface area (Å²) in [7, 11) is 0. The van der Waals surface area contributed by atoms with Gasteiger partial charge < -0.3 is 14.5 Å². The van der Waals surface area contributed by atoms with Crippen LogP contribution in [0.3, 0.4) is 0 Å². The van der Waals surface area contributed by atoms with E-state index in [0.29, 0.717) is 23.6 Å². The molecule has 0 aliphatic rings. The topological polar surface area (TPSA) is 51.5 Å². The van der Waals surface area contributed by atoms with Gasteiger partial charge in [-0.2, -0.15) is 0 Å². The molecule has 5 rings (SSSR count). The van der Waals surface area contributed by atoms with Crippen LogP contribution >= 0.6 is 0 Å². The normalized spacial score (nSPS) is 11.8. The van der Waals surface area contributed by atoms with Crippen LogP contribution in [0.4, 0.5) is 10.1 Å². The molecule has 0 spiro atoms. The first-order valence-electron chi connectivity index (χ1n) is 12.3. The summed E-state index contributed by atoms with van der Waals surface area (Å²) in [6, 6.07) is 21.3. The molecule has 0 radical (unpaired) electrons. The van der Waals surface area contributed by atoms with Crippen molar-refractivity contribution in [1.82, 2.24) is 0 Å². The zero-order valence-electron chi connectivity index (χ0n) is 21.3. The zero-order chi connectivity index (χ0) is 26.1. The third-order valence-electron chi connectivity index (χ3n) is 6.60. The predicted octanol–water partition coefficient (Wildman–Crippen LogP) is 8.45. The SMILES string of the molecule is CCOc1c(/C(C)=C/C(=O)Nc2ccc(C)c(F)c2)cc2c(-c3ccc4ccccc4c3)coc2c1C. The van der Waals surface area contributed by atoms with Gasteiger partial charge in [0, 0.05) is 33.8 Å². The number of fused-ring (bicyclic) bond motifs is 2. The van der Waals surface area contributed by atoms with Gasteiger partial charge in [-0.3, -0.25) is 4.79 Å². The van der Waals surface area contributed by atoms with Crippen molar-refractivity contribution in [3.05, 3.63) is 102 Å². The van der Waals surface area contributed by atoms with Crippen LogP contribution in [0, 0.1) is 19.7 Å². The number of benzene rings is 4. The van der Waals surface area contributed by atoms with Crippen LogP contribution in [0.2, 0.25) is 0 Å². The Balaban J connectivity index is 1.57. The lowest BCUT2D eigenvalue weighted by atomic mass is 9.95. The van der Waals surface area contributed by atoms with Gasteiger partial charge in [0.2, 0.25) is 5.91 Å². The minimum absolute atomic E-state index is 0.345. The summed E-state index contributed by atoms with van der Waals surface area (Å²) in [6.45, 7) is 7.91. The molecule has 4 aromatic carbocycles. The second-order valence-electron chi connectivity index (χ2n) is 9.18. The lowest BCUT2D eigenvalue weighted by Crippen LogP contribution is -2.09. The molecule has 0 unspecified atom stereocenters. The maximum Gasteiger partial charge on any atom is 0.248 e. The van der Waals surface area contributed by atoms with Crippen molar-refractivity contribution in [3.8, 4) is 16.9 Å². The third-order valence-corrected chi connectivity index (χ3v) is 6.60. The Morgan fingerprint density at radius 3 is 2.57 bits per heavy atom. The van der Waals surface area contributed by atoms with E-state index < -0.39 is 0 Å². The van der Waals surface area contributed by atoms with Gasteiger partial charge in [0.05, 0.1) is 12.9 Å². The number of aryl methyl sites for hydroxylation is 2. The van der Waals surface area contributed by atoms with Gasteiger partial charge >= 0.3 is 0 Å². The summed E-state index contributed by atoms with van der Waals surface area (Å²) in [5.74, 6) is -0.0281. The quantitative estimate of drug-likeness (QED) is 0.241. The highest BCUT2D eigenvalue weighted by atomic mass is 19.1. The number of carbonyl (C=O) groups is 1. The van der Waals surface area contributed by atoms with E-state index >= 15 is 0 Å². The Hall–Kier alpha value is -4.38. The first-order valence-corrected chi connectivity index (χ1v) is 12.3. The highest BCUT2D eigenvalue weighted by Crippen LogP contribution is 2.41. The maximum absolute atomic E-state index is 13.9. The standard InChI is InChI=1S/C32H28FNO3/c1-5-36-31-21(4)32-27(28(18-37-32)24-12-11-22-8-6-7-9-23(22)15-24)17-26(31)20(3)14-30(35)34-25-13-10-19(2)29(33)16-25/h6-18H,5H2,1-4H3,(H,34,35)/b20-14+. The average molecular weight is 494 g/mol. The Morgan fingerprint density at radius 2 is 1.81 bits per heavy atom. The number of anilines is 1. The lowest BCUT2D eigenvalue weighted by Gasteiger charge is -2.15. The Labute approximate surface area is 215 Å². The second-order valence-corrected chi connectivity index (χ2v) is 9.18. The second kappa shape index (κ2) is 9.94. The molecule has 5 heteroatoms. The van der Waals surface area contributed by atoms with E-state index in [1.165, 1.54) is 17.5 Å². The molecular formula is C32H28FNO3. The van der Waals surface area contributed by atoms with Gasteiger partial charge in [-0.25, -0.2) is 4.39 Å². The number of furan rings is 1. The molecule has 0 saturated carbocycles. The summed E-state index contributed by atoms with van der Waals surface area (Å²) >= 11 is 0. The summed E-state index contributed by atoms with van der Waals surface area (Å²) in [5.41, 5.74) is 6.11. The highest BCUT2D eigenvalue weighted by Gasteiger charge is 2.19. The van der Waals surface area contributed by atoms with Gasteiger partial charge in [0.1, 0.15) is 17.1 Å². The van der Waals surface area contributed by atoms with Crippen LogP contribution < -0.4 is 10.1 Å². The summed E-state index contributed by atoms with van der Waals surface area (Å²) in [5, 5.41) is 6.02. The van der Waals surface area contributed by atoms with Crippen molar-refractivity contribution in [1.29, 1.82) is 0 Å². The Bertz CT molecular complexity index is 1680. The van der Waals surface area contributed by atoms with Crippen molar-refractivity contribution in [2.45, 2.75) is 27.7 Å². The van der Waals surface area contributed by atoms with Crippen molar-refractivity contribution in [2.24, 2.45) is 0 Å². The molecule has 1 aromatic heterocycles. The molecule has 0 bridgehead atoms. The number of allylic oxidation sites excluding steroid dienone is 1. The first-order chi connectivity index (χ1) is 17.9. The monoisotopic (exact) mass is 493 g/mol. The smallest absolute Gasteiger partial charge is 0.248 e. The number of hydrogen-bond acceptors (Lipinski definition) is 3. The van der Waals surface area contributed by atoms with Crippen molar-refractivity contribution in [3.63, 3.8) is 0 Å². The van der Waals surface area contributed by atoms with Crippen LogP contribution in [0.25, 0.3) is 38.4 Å². The van der Waals surface area contributed by atoms with E-state index in [-0.39, 0.29) is 11.7 Å². The van der Waals surface area contributed by atoms with Gasteiger partial charge in [-0.1, -0.05) is 42.5 Å². The van der Waals surface area contributed by atoms with E-state index in [0.717, 1.165) is 44.2 Å². The third kappa shape index (κ3) is 4.73. The van der Waals surface area contributed by atoms with Crippen LogP contribution in [-0.2, 0) is 4.79 Å². The predicted molar refractivity (Wildman–Crippen MR) is 148 cm³/mol. The number of rotatable bonds is 6. The van der Waals surface area contributed by atoms with Gasteiger partial charge in [-0.15, -0.1) is 0 Å². The van der Waals surface area contributed by atoms with Crippen LogP contribution in [0.1, 0.15) is 30.5 Å². The summed E-state index contributed by atoms with van der Waals surface area (Å²) in [4.78, 5) is 12.8. The fourth-order valence-electron chi connectivity index (χ4n) is 4.64. The molecule has 1 heterocycles. The summed E-state index contributed by atoms with van der Waals surface area (Å²) < 4.78 is 26.0. The van der Waals surface area contributed by atoms with E-state index in [9.17, 15) is 9.18 Å². The van der Waals surface area contributed by atoms with E-state index in [4.69, 9.17) is 9.15 Å². The number of amides is 1. The van der Waals surface area contributed by atoms with E-state index in [1.54, 1.807) is 25.3 Å². The number of carbonyl (C=O) groups excluding carboxylic acids is 1. The minimum atomic E-state index is -0.362. The average Bonchev–Trinajstić information content (AvgIpc) is 3.32. The fraction of sp³-hybridized carbons (Fsp3) is 0.156. The van der Waals surface area contributed by atoms with Gasteiger partial charge in [0.15, 0.2) is 0 Å². The minimum Gasteiger partial charge on any atom is -0.493 e. The zero-order valence-corrected chi connectivity index (χ0v) is 21.3. The number of nitrogens with one attached hydrogen (secondary N) is 1. The molecule has 1 N–H and O–H groups in total. The highest BCUT2D eigenvalue weighted by molar-refractivity contribution is 6.06. The van der Waals surface area contributed by atoms with E-state index in [2.05, 4.69) is 35.6 Å². The molecular weight excluding hydrogens is 465 g/mol. The Kier molecular flexibility index (Phi) is 6.53. The molecule has 1 amide bonds. The molecule has 37 heavy (non-hydrogen) atoms. The molecule has 186 valence electrons. The van der Waals surface area contributed by atoms with Crippen LogP contribution in [-0.4, -0.2) is 12.5 Å². The summed E-state index contributed by atoms with van der Waals surface area (Å²) in [6.07, 6.45) is 3.29. The van der Waals surface area contributed by atoms with Crippen LogP contribution in [0.5, 0.6) is 5.75 Å². The first kappa shape index (κ1) is 24.3. The number of halogens is 1. The fourth-order valence-corrected chi connectivity index (χ4v) is 4.64. The molecule has 0 aliphatic carbocycles. The number of hydrogen-bond donors (Lipinski definition) is 1. The van der Waals surface area contributed by atoms with E-state index in [1.807, 2.05) is 39.0 Å². The van der Waals surface area contributed by atoms with Crippen molar-refractivity contribution >= 4 is 38.9 Å². The molecule has 5 aromatic rings. The molecule has 0 atom stereocenters. The molecule has 4 nitrogen and oxygen atoms in total. The largest absolute Gasteiger partial charge is 0.493 e. The van der Waals surface area contributed by atoms with Crippen molar-refractivity contribution in [2.75, 3.05) is 11.9 Å². The molecule has 0 aliphatic heterocycles. The lowest BCUT2D eigenvalue weighted by molar-refractivity contribution is -0.111.